The molecule has 0 aromatic heterocycles. The lowest BCUT2D eigenvalue weighted by Gasteiger charge is -2.28. The van der Waals surface area contributed by atoms with Crippen molar-refractivity contribution in [2.45, 2.75) is 5.08 Å². The molecule has 0 unspecified atom stereocenters. The molecule has 0 aromatic rings. The Kier molecular flexibility index (Phi) is 9.33. The number of ether oxygens (including phenoxy) is 3. The molecule has 13 heteroatoms. The third-order valence-electron chi connectivity index (χ3n) is 2.21. The van der Waals surface area contributed by atoms with Crippen LogP contribution in [0.1, 0.15) is 0 Å². The quantitative estimate of drug-likeness (QED) is 0.169. The Balaban J connectivity index is 4.03. The van der Waals surface area contributed by atoms with Gasteiger partial charge in [0, 0.05) is 0 Å². The lowest BCUT2D eigenvalue weighted by molar-refractivity contribution is -0.0160. The van der Waals surface area contributed by atoms with Gasteiger partial charge in [0.05, 0.1) is 46.2 Å². The molecule has 0 saturated carbocycles. The third kappa shape index (κ3) is 7.27. The lowest BCUT2D eigenvalue weighted by atomic mass is 10.7. The summed E-state index contributed by atoms with van der Waals surface area (Å²) in [6.07, 6.45) is 0. The molecule has 0 atom stereocenters. The van der Waals surface area contributed by atoms with Crippen molar-refractivity contribution in [3.8, 4) is 0 Å². The van der Waals surface area contributed by atoms with Gasteiger partial charge < -0.3 is 44.0 Å². The van der Waals surface area contributed by atoms with E-state index in [2.05, 4.69) is 4.74 Å². The predicted molar refractivity (Wildman–Crippen MR) is 68.6 cm³/mol. The molecule has 11 nitrogen and oxygen atoms in total. The fourth-order valence-corrected chi connectivity index (χ4v) is 2.93. The molecule has 0 radical (unpaired) electrons. The van der Waals surface area contributed by atoms with Crippen molar-refractivity contribution in [3.05, 3.63) is 0 Å². The van der Waals surface area contributed by atoms with Crippen molar-refractivity contribution in [2.75, 3.05) is 46.2 Å². The van der Waals surface area contributed by atoms with Gasteiger partial charge in [-0.05, 0) is 0 Å². The number of hydrogen-bond donors (Lipinski definition) is 6. The second-order valence-electron chi connectivity index (χ2n) is 3.86. The first-order valence-electron chi connectivity index (χ1n) is 5.74. The van der Waals surface area contributed by atoms with Gasteiger partial charge in [-0.1, -0.05) is 0 Å². The van der Waals surface area contributed by atoms with Crippen LogP contribution in [0.2, 0.25) is 0 Å². The largest absolute Gasteiger partial charge is 0.394 e. The summed E-state index contributed by atoms with van der Waals surface area (Å²) in [7, 11) is -11.0. The first kappa shape index (κ1) is 21.1. The van der Waals surface area contributed by atoms with Crippen LogP contribution in [-0.2, 0) is 23.3 Å². The Morgan fingerprint density at radius 1 is 0.762 bits per heavy atom. The molecule has 128 valence electrons. The molecule has 0 aromatic carbocycles. The van der Waals surface area contributed by atoms with E-state index in [1.807, 2.05) is 0 Å². The second-order valence-corrected chi connectivity index (χ2v) is 7.87. The molecule has 21 heavy (non-hydrogen) atoms. The van der Waals surface area contributed by atoms with Crippen LogP contribution >= 0.6 is 15.2 Å². The summed E-state index contributed by atoms with van der Waals surface area (Å²) >= 11 is 0. The summed E-state index contributed by atoms with van der Waals surface area (Å²) in [4.78, 5) is 35.3. The molecular weight excluding hydrogens is 334 g/mol. The minimum atomic E-state index is -5.50. The summed E-state index contributed by atoms with van der Waals surface area (Å²) in [5, 5.41) is 14.3. The Labute approximate surface area is 120 Å². The number of aliphatic hydroxyl groups excluding tert-OH is 1. The zero-order chi connectivity index (χ0) is 16.6. The van der Waals surface area contributed by atoms with E-state index >= 15 is 0 Å². The average molecular weight is 354 g/mol. The van der Waals surface area contributed by atoms with Crippen LogP contribution in [0.4, 0.5) is 0 Å². The van der Waals surface area contributed by atoms with E-state index in [-0.39, 0.29) is 39.6 Å². The zero-order valence-corrected chi connectivity index (χ0v) is 12.9. The Morgan fingerprint density at radius 3 is 1.52 bits per heavy atom. The molecule has 0 fully saturated rings. The van der Waals surface area contributed by atoms with Gasteiger partial charge in [-0.3, -0.25) is 9.13 Å². The molecule has 0 amide bonds. The summed E-state index contributed by atoms with van der Waals surface area (Å²) in [6.45, 7) is -1.10. The number of aliphatic hydroxyl groups is 2. The van der Waals surface area contributed by atoms with Crippen molar-refractivity contribution in [3.63, 3.8) is 0 Å². The highest BCUT2D eigenvalue weighted by molar-refractivity contribution is 7.72. The van der Waals surface area contributed by atoms with Gasteiger partial charge in [-0.25, -0.2) is 0 Å². The van der Waals surface area contributed by atoms with E-state index in [0.29, 0.717) is 0 Å². The van der Waals surface area contributed by atoms with Gasteiger partial charge in [0.2, 0.25) is 0 Å². The minimum Gasteiger partial charge on any atom is -0.394 e. The van der Waals surface area contributed by atoms with E-state index in [1.165, 1.54) is 0 Å². The topological polar surface area (TPSA) is 183 Å². The summed E-state index contributed by atoms with van der Waals surface area (Å²) < 4.78 is 36.4. The maximum Gasteiger partial charge on any atom is 0.371 e. The Hall–Kier alpha value is 0.1000. The molecule has 6 N–H and O–H groups in total. The third-order valence-corrected chi connectivity index (χ3v) is 5.90. The van der Waals surface area contributed by atoms with E-state index in [4.69, 9.17) is 34.2 Å². The Morgan fingerprint density at radius 2 is 1.14 bits per heavy atom. The zero-order valence-electron chi connectivity index (χ0n) is 11.1. The van der Waals surface area contributed by atoms with Gasteiger partial charge in [-0.2, -0.15) is 0 Å². The first-order chi connectivity index (χ1) is 9.56. The van der Waals surface area contributed by atoms with E-state index in [0.717, 1.165) is 0 Å². The SMILES string of the molecule is O=P(O)(O)C(O)(COCCOCCOCCO)P(=O)(O)O. The highest BCUT2D eigenvalue weighted by atomic mass is 31.2. The normalized spacial score (nSPS) is 13.6. The van der Waals surface area contributed by atoms with Crippen LogP contribution in [0.3, 0.4) is 0 Å². The standard InChI is InChI=1S/C8H20O11P2/c9-1-2-17-3-4-18-5-6-19-7-8(10,20(11,12)13)21(14,15)16/h9-10H,1-7H2,(H2,11,12,13)(H2,14,15,16). The van der Waals surface area contributed by atoms with Crippen LogP contribution in [0, 0.1) is 0 Å². The highest BCUT2D eigenvalue weighted by Crippen LogP contribution is 2.67. The number of rotatable bonds is 12. The van der Waals surface area contributed by atoms with E-state index in [9.17, 15) is 14.2 Å². The maximum absolute atomic E-state index is 11.0. The van der Waals surface area contributed by atoms with Gasteiger partial charge in [0.25, 0.3) is 5.08 Å². The minimum absolute atomic E-state index is 0.0408. The molecule has 0 saturated heterocycles. The molecule has 0 rings (SSSR count). The monoisotopic (exact) mass is 354 g/mol. The van der Waals surface area contributed by atoms with Gasteiger partial charge in [0.1, 0.15) is 0 Å². The summed E-state index contributed by atoms with van der Waals surface area (Å²) in [5.74, 6) is 0. The lowest BCUT2D eigenvalue weighted by Crippen LogP contribution is -2.34. The van der Waals surface area contributed by atoms with Crippen molar-refractivity contribution < 1.29 is 53.1 Å². The smallest absolute Gasteiger partial charge is 0.371 e. The molecule has 0 spiro atoms. The predicted octanol–water partition coefficient (Wildman–Crippen LogP) is -1.97. The van der Waals surface area contributed by atoms with Gasteiger partial charge in [-0.15, -0.1) is 0 Å². The van der Waals surface area contributed by atoms with Crippen LogP contribution in [-0.4, -0.2) is 81.1 Å². The van der Waals surface area contributed by atoms with Gasteiger partial charge >= 0.3 is 15.2 Å². The van der Waals surface area contributed by atoms with Crippen molar-refractivity contribution in [2.24, 2.45) is 0 Å². The van der Waals surface area contributed by atoms with E-state index in [1.54, 1.807) is 0 Å². The van der Waals surface area contributed by atoms with E-state index < -0.39 is 26.9 Å². The average Bonchev–Trinajstić information content (AvgIpc) is 2.33. The van der Waals surface area contributed by atoms with Crippen LogP contribution < -0.4 is 0 Å². The first-order valence-corrected chi connectivity index (χ1v) is 8.96. The highest BCUT2D eigenvalue weighted by Gasteiger charge is 2.59. The molecule has 0 bridgehead atoms. The summed E-state index contributed by atoms with van der Waals surface area (Å²) in [5.41, 5.74) is 0. The Bertz CT molecular complexity index is 352. The molecule has 0 heterocycles. The maximum atomic E-state index is 11.0. The molecule has 0 aliphatic carbocycles. The second kappa shape index (κ2) is 9.29. The van der Waals surface area contributed by atoms with Crippen LogP contribution in [0.15, 0.2) is 0 Å². The fraction of sp³-hybridized carbons (Fsp3) is 1.00. The van der Waals surface area contributed by atoms with Crippen molar-refractivity contribution in [1.82, 2.24) is 0 Å². The molecular formula is C8H20O11P2. The van der Waals surface area contributed by atoms with Gasteiger partial charge in [0.15, 0.2) is 0 Å². The van der Waals surface area contributed by atoms with Crippen molar-refractivity contribution in [1.29, 1.82) is 0 Å². The van der Waals surface area contributed by atoms with Crippen molar-refractivity contribution >= 4 is 15.2 Å². The van der Waals surface area contributed by atoms with Crippen LogP contribution in [0.5, 0.6) is 0 Å². The fourth-order valence-electron chi connectivity index (χ4n) is 1.05. The number of hydrogen-bond acceptors (Lipinski definition) is 7. The molecule has 0 aliphatic heterocycles. The van der Waals surface area contributed by atoms with Crippen LogP contribution in [0.25, 0.3) is 0 Å². The summed E-state index contributed by atoms with van der Waals surface area (Å²) in [6, 6.07) is 0. The molecule has 0 aliphatic rings.